The molecular weight excluding hydrogens is 336 g/mol. The average molecular weight is 358 g/mol. The van der Waals surface area contributed by atoms with Gasteiger partial charge in [-0.2, -0.15) is 0 Å². The van der Waals surface area contributed by atoms with Gasteiger partial charge in [0.15, 0.2) is 17.9 Å². The minimum absolute atomic E-state index is 0.288. The molecule has 3 rings (SSSR count). The molecule has 1 aromatic carbocycles. The van der Waals surface area contributed by atoms with Gasteiger partial charge in [-0.3, -0.25) is 4.99 Å². The van der Waals surface area contributed by atoms with Crippen molar-refractivity contribution in [1.29, 1.82) is 0 Å². The van der Waals surface area contributed by atoms with E-state index in [1.54, 1.807) is 13.1 Å². The van der Waals surface area contributed by atoms with Gasteiger partial charge >= 0.3 is 0 Å². The maximum absolute atomic E-state index is 10.4. The summed E-state index contributed by atoms with van der Waals surface area (Å²) in [5.74, 6) is 0.735. The molecule has 2 aromatic rings. The molecule has 26 heavy (non-hydrogen) atoms. The molecule has 1 aromatic heterocycles. The first-order valence-corrected chi connectivity index (χ1v) is 8.30. The minimum Gasteiger partial charge on any atom is -0.394 e. The Morgan fingerprint density at radius 1 is 1.31 bits per heavy atom. The summed E-state index contributed by atoms with van der Waals surface area (Å²) in [6.07, 6.45) is -2.78. The van der Waals surface area contributed by atoms with Crippen LogP contribution in [0.3, 0.4) is 0 Å². The normalized spacial score (nSPS) is 25.9. The van der Waals surface area contributed by atoms with Crippen molar-refractivity contribution in [3.8, 4) is 11.4 Å². The summed E-state index contributed by atoms with van der Waals surface area (Å²) in [6.45, 7) is 7.16. The second-order valence-corrected chi connectivity index (χ2v) is 6.13. The fraction of sp³-hybridized carbons (Fsp3) is 0.389. The van der Waals surface area contributed by atoms with Gasteiger partial charge in [-0.1, -0.05) is 36.4 Å². The summed E-state index contributed by atoms with van der Waals surface area (Å²) in [7, 11) is 0. The van der Waals surface area contributed by atoms with Crippen molar-refractivity contribution in [2.45, 2.75) is 38.4 Å². The Bertz CT molecular complexity index is 815. The van der Waals surface area contributed by atoms with Crippen LogP contribution < -0.4 is 0 Å². The van der Waals surface area contributed by atoms with E-state index < -0.39 is 31.1 Å². The predicted octanol–water partition coefficient (Wildman–Crippen LogP) is 0.926. The molecule has 1 aliphatic rings. The Balaban J connectivity index is 2.07. The SMILES string of the molecule is C=C(N=CC)c1nc(-c2ccc(C)cc2)n([C@@H]2O[C@H](CO)[C@@H](O)[C@H]2O)n1. The number of rotatable bonds is 5. The van der Waals surface area contributed by atoms with Gasteiger partial charge in [0.2, 0.25) is 0 Å². The monoisotopic (exact) mass is 358 g/mol. The lowest BCUT2D eigenvalue weighted by Crippen LogP contribution is -2.33. The van der Waals surface area contributed by atoms with Crippen molar-refractivity contribution in [2.24, 2.45) is 4.99 Å². The number of aliphatic hydroxyl groups is 3. The molecule has 8 nitrogen and oxygen atoms in total. The number of aromatic nitrogens is 3. The number of hydrogen-bond donors (Lipinski definition) is 3. The molecule has 0 amide bonds. The van der Waals surface area contributed by atoms with Crippen LogP contribution in [0.1, 0.15) is 24.5 Å². The van der Waals surface area contributed by atoms with Crippen LogP contribution in [0.2, 0.25) is 0 Å². The molecule has 1 aliphatic heterocycles. The van der Waals surface area contributed by atoms with Gasteiger partial charge in [-0.05, 0) is 13.8 Å². The van der Waals surface area contributed by atoms with Gasteiger partial charge in [0, 0.05) is 11.8 Å². The number of benzene rings is 1. The van der Waals surface area contributed by atoms with E-state index in [0.717, 1.165) is 11.1 Å². The second-order valence-electron chi connectivity index (χ2n) is 6.13. The van der Waals surface area contributed by atoms with Crippen LogP contribution in [0.4, 0.5) is 0 Å². The van der Waals surface area contributed by atoms with Gasteiger partial charge in [0.25, 0.3) is 0 Å². The first kappa shape index (κ1) is 18.4. The zero-order chi connectivity index (χ0) is 18.8. The van der Waals surface area contributed by atoms with Crippen molar-refractivity contribution in [1.82, 2.24) is 14.8 Å². The van der Waals surface area contributed by atoms with Crippen molar-refractivity contribution in [2.75, 3.05) is 6.61 Å². The molecule has 0 unspecified atom stereocenters. The summed E-state index contributed by atoms with van der Waals surface area (Å²) in [5.41, 5.74) is 2.22. The summed E-state index contributed by atoms with van der Waals surface area (Å²) < 4.78 is 7.01. The number of nitrogens with zero attached hydrogens (tertiary/aromatic N) is 4. The largest absolute Gasteiger partial charge is 0.394 e. The Morgan fingerprint density at radius 3 is 2.58 bits per heavy atom. The molecule has 3 N–H and O–H groups in total. The molecule has 0 radical (unpaired) electrons. The van der Waals surface area contributed by atoms with E-state index in [4.69, 9.17) is 4.74 Å². The average Bonchev–Trinajstić information content (AvgIpc) is 3.18. The standard InChI is InChI=1S/C18H22N4O4/c1-4-19-11(3)16-20-17(12-7-5-10(2)6-8-12)22(21-16)18-15(25)14(24)13(9-23)26-18/h4-8,13-15,18,23-25H,3,9H2,1-2H3/t13-,14-,15-,18-/m1/s1. The van der Waals surface area contributed by atoms with E-state index in [0.29, 0.717) is 11.5 Å². The van der Waals surface area contributed by atoms with Gasteiger partial charge in [0.1, 0.15) is 24.0 Å². The predicted molar refractivity (Wildman–Crippen MR) is 96.4 cm³/mol. The molecule has 8 heteroatoms. The maximum Gasteiger partial charge on any atom is 0.199 e. The van der Waals surface area contributed by atoms with E-state index in [-0.39, 0.29) is 5.82 Å². The maximum atomic E-state index is 10.4. The molecule has 1 saturated heterocycles. The van der Waals surface area contributed by atoms with Crippen LogP contribution in [-0.2, 0) is 4.74 Å². The highest BCUT2D eigenvalue weighted by Gasteiger charge is 2.45. The van der Waals surface area contributed by atoms with Crippen molar-refractivity contribution < 1.29 is 20.1 Å². The lowest BCUT2D eigenvalue weighted by atomic mass is 10.1. The zero-order valence-corrected chi connectivity index (χ0v) is 14.6. The third-order valence-electron chi connectivity index (χ3n) is 4.24. The fourth-order valence-corrected chi connectivity index (χ4v) is 2.82. The van der Waals surface area contributed by atoms with Crippen LogP contribution >= 0.6 is 0 Å². The molecule has 138 valence electrons. The molecule has 0 bridgehead atoms. The van der Waals surface area contributed by atoms with Crippen molar-refractivity contribution in [3.05, 3.63) is 42.2 Å². The molecule has 0 saturated carbocycles. The fourth-order valence-electron chi connectivity index (χ4n) is 2.82. The smallest absolute Gasteiger partial charge is 0.199 e. The first-order chi connectivity index (χ1) is 12.5. The number of hydrogen-bond acceptors (Lipinski definition) is 7. The highest BCUT2D eigenvalue weighted by molar-refractivity contribution is 5.69. The zero-order valence-electron chi connectivity index (χ0n) is 14.6. The summed E-state index contributed by atoms with van der Waals surface area (Å²) in [5, 5.41) is 34.1. The lowest BCUT2D eigenvalue weighted by molar-refractivity contribution is -0.0578. The highest BCUT2D eigenvalue weighted by atomic mass is 16.6. The van der Waals surface area contributed by atoms with E-state index in [1.807, 2.05) is 31.2 Å². The first-order valence-electron chi connectivity index (χ1n) is 8.30. The van der Waals surface area contributed by atoms with Crippen molar-refractivity contribution >= 4 is 11.9 Å². The third-order valence-corrected chi connectivity index (χ3v) is 4.24. The third kappa shape index (κ3) is 3.32. The summed E-state index contributed by atoms with van der Waals surface area (Å²) >= 11 is 0. The second kappa shape index (κ2) is 7.46. The number of aliphatic imine (C=N–C) groups is 1. The Kier molecular flexibility index (Phi) is 5.28. The minimum atomic E-state index is -1.26. The number of aliphatic hydroxyl groups excluding tert-OH is 3. The highest BCUT2D eigenvalue weighted by Crippen LogP contribution is 2.33. The van der Waals surface area contributed by atoms with Gasteiger partial charge in [0.05, 0.1) is 6.61 Å². The van der Waals surface area contributed by atoms with Crippen molar-refractivity contribution in [3.63, 3.8) is 0 Å². The Morgan fingerprint density at radius 2 is 2.00 bits per heavy atom. The van der Waals surface area contributed by atoms with Crippen LogP contribution in [0.5, 0.6) is 0 Å². The molecule has 0 spiro atoms. The molecule has 2 heterocycles. The number of ether oxygens (including phenoxy) is 1. The van der Waals surface area contributed by atoms with Crippen LogP contribution in [0.25, 0.3) is 17.1 Å². The molecule has 0 aliphatic carbocycles. The van der Waals surface area contributed by atoms with E-state index in [2.05, 4.69) is 21.7 Å². The Labute approximate surface area is 151 Å². The van der Waals surface area contributed by atoms with Crippen LogP contribution in [0.15, 0.2) is 35.8 Å². The van der Waals surface area contributed by atoms with Gasteiger partial charge < -0.3 is 20.1 Å². The van der Waals surface area contributed by atoms with E-state index in [1.165, 1.54) is 4.68 Å². The van der Waals surface area contributed by atoms with Gasteiger partial charge in [-0.15, -0.1) is 5.10 Å². The van der Waals surface area contributed by atoms with Crippen LogP contribution in [-0.4, -0.2) is 61.2 Å². The van der Waals surface area contributed by atoms with E-state index >= 15 is 0 Å². The summed E-state index contributed by atoms with van der Waals surface area (Å²) in [4.78, 5) is 8.59. The Hall–Kier alpha value is -2.39. The van der Waals surface area contributed by atoms with Crippen LogP contribution in [0, 0.1) is 6.92 Å². The lowest BCUT2D eigenvalue weighted by Gasteiger charge is -2.17. The molecule has 1 fully saturated rings. The topological polar surface area (TPSA) is 113 Å². The van der Waals surface area contributed by atoms with Gasteiger partial charge in [-0.25, -0.2) is 9.67 Å². The van der Waals surface area contributed by atoms with E-state index in [9.17, 15) is 15.3 Å². The molecule has 4 atom stereocenters. The summed E-state index contributed by atoms with van der Waals surface area (Å²) in [6, 6.07) is 7.63. The number of aryl methyl sites for hydroxylation is 1. The quantitative estimate of drug-likeness (QED) is 0.685. The molecular formula is C18H22N4O4.